The number of hydrogen-bond donors (Lipinski definition) is 1. The number of ether oxygens (including phenoxy) is 3. The van der Waals surface area contributed by atoms with Gasteiger partial charge >= 0.3 is 29.6 Å². The SMILES string of the molecule is O=C(Nc1ccc2c(c1)OCO2)[C@H]1[C@@H](c2ccc(Cl)cc2)OC2(C(=O)c3ccccc3C2=O)[C@H]1C(=O)[O-].[Na+]. The predicted octanol–water partition coefficient (Wildman–Crippen LogP) is -0.417. The number of nitrogens with one attached hydrogen (secondary N) is 1. The first kappa shape index (κ1) is 26.4. The number of hydrogen-bond acceptors (Lipinski definition) is 8. The maximum absolute atomic E-state index is 13.7. The Labute approximate surface area is 243 Å². The molecular weight excluding hydrogens is 525 g/mol. The zero-order valence-corrected chi connectivity index (χ0v) is 22.7. The number of amides is 1. The largest absolute Gasteiger partial charge is 1.00 e. The van der Waals surface area contributed by atoms with Gasteiger partial charge in [-0.3, -0.25) is 14.4 Å². The van der Waals surface area contributed by atoms with Crippen LogP contribution in [-0.2, 0) is 14.3 Å². The van der Waals surface area contributed by atoms with Gasteiger partial charge in [-0.1, -0.05) is 48.0 Å². The first-order chi connectivity index (χ1) is 17.8. The number of aliphatic carboxylic acids is 1. The van der Waals surface area contributed by atoms with E-state index in [-0.39, 0.29) is 47.5 Å². The number of carboxylic acid groups (broad SMARTS) is 1. The van der Waals surface area contributed by atoms with Crippen molar-refractivity contribution in [1.82, 2.24) is 0 Å². The zero-order valence-electron chi connectivity index (χ0n) is 19.9. The number of rotatable bonds is 4. The summed E-state index contributed by atoms with van der Waals surface area (Å²) in [5.74, 6) is -6.68. The van der Waals surface area contributed by atoms with E-state index in [2.05, 4.69) is 5.32 Å². The molecule has 0 radical (unpaired) electrons. The third-order valence-corrected chi connectivity index (χ3v) is 7.17. The summed E-state index contributed by atoms with van der Waals surface area (Å²) in [5.41, 5.74) is -1.72. The van der Waals surface area contributed by atoms with Gasteiger partial charge < -0.3 is 29.4 Å². The summed E-state index contributed by atoms with van der Waals surface area (Å²) in [4.78, 5) is 53.5. The Morgan fingerprint density at radius 2 is 1.55 bits per heavy atom. The summed E-state index contributed by atoms with van der Waals surface area (Å²) >= 11 is 6.02. The third kappa shape index (κ3) is 3.93. The van der Waals surface area contributed by atoms with E-state index in [0.717, 1.165) is 0 Å². The fraction of sp³-hybridized carbons (Fsp3) is 0.185. The molecule has 6 rings (SSSR count). The molecule has 3 aliphatic rings. The minimum absolute atomic E-state index is 0. The minimum Gasteiger partial charge on any atom is -0.550 e. The number of halogens is 1. The average molecular weight is 542 g/mol. The van der Waals surface area contributed by atoms with Gasteiger partial charge in [-0.15, -0.1) is 0 Å². The van der Waals surface area contributed by atoms with E-state index in [1.54, 1.807) is 48.5 Å². The Morgan fingerprint density at radius 3 is 2.18 bits per heavy atom. The Balaban J connectivity index is 0.00000294. The van der Waals surface area contributed by atoms with E-state index < -0.39 is 47.0 Å². The summed E-state index contributed by atoms with van der Waals surface area (Å²) in [6, 6.07) is 16.8. The Kier molecular flexibility index (Phi) is 6.83. The van der Waals surface area contributed by atoms with Crippen LogP contribution in [0.2, 0.25) is 5.02 Å². The number of fused-ring (bicyclic) bond motifs is 2. The molecule has 0 unspecified atom stereocenters. The van der Waals surface area contributed by atoms with Crippen LogP contribution in [-0.4, -0.2) is 35.8 Å². The molecule has 1 amide bonds. The van der Waals surface area contributed by atoms with Crippen LogP contribution in [0.25, 0.3) is 0 Å². The molecule has 11 heteroatoms. The molecule has 3 atom stereocenters. The van der Waals surface area contributed by atoms with Crippen LogP contribution in [0.1, 0.15) is 32.4 Å². The smallest absolute Gasteiger partial charge is 0.550 e. The third-order valence-electron chi connectivity index (χ3n) is 6.92. The number of benzene rings is 3. The maximum atomic E-state index is 13.7. The molecule has 0 bridgehead atoms. The summed E-state index contributed by atoms with van der Waals surface area (Å²) in [6.07, 6.45) is -1.27. The van der Waals surface area contributed by atoms with Gasteiger partial charge in [0.2, 0.25) is 29.9 Å². The van der Waals surface area contributed by atoms with Crippen LogP contribution in [0.4, 0.5) is 5.69 Å². The molecule has 1 N–H and O–H groups in total. The van der Waals surface area contributed by atoms with E-state index >= 15 is 0 Å². The first-order valence-corrected chi connectivity index (χ1v) is 11.7. The standard InChI is InChI=1S/C27H18ClNO8.Na/c28-14-7-5-13(6-8-14)22-20(25(32)29-15-9-10-18-19(11-15)36-12-35-18)21(26(33)34)27(37-22)23(30)16-3-1-2-4-17(16)24(27)31;/h1-11,20-22H,12H2,(H,29,32)(H,33,34);/q;+1/p-1/t20-,21-,22-;/m1./s1. The monoisotopic (exact) mass is 541 g/mol. The number of anilines is 1. The number of ketones is 2. The van der Waals surface area contributed by atoms with Crippen molar-refractivity contribution in [2.24, 2.45) is 11.8 Å². The van der Waals surface area contributed by atoms with Crippen molar-refractivity contribution >= 4 is 40.7 Å². The fourth-order valence-electron chi connectivity index (χ4n) is 5.28. The topological polar surface area (TPSA) is 131 Å². The van der Waals surface area contributed by atoms with Crippen molar-refractivity contribution in [3.05, 3.63) is 88.4 Å². The van der Waals surface area contributed by atoms with E-state index in [4.69, 9.17) is 25.8 Å². The second kappa shape index (κ2) is 9.83. The number of carbonyl (C=O) groups is 4. The number of Topliss-reactive ketones (excluding diaryl/α,β-unsaturated/α-hetero) is 2. The zero-order chi connectivity index (χ0) is 25.9. The average Bonchev–Trinajstić information content (AvgIpc) is 3.56. The quantitative estimate of drug-likeness (QED) is 0.348. The summed E-state index contributed by atoms with van der Waals surface area (Å²) in [6.45, 7) is 0.0297. The van der Waals surface area contributed by atoms with Gasteiger partial charge in [-0.2, -0.15) is 0 Å². The van der Waals surface area contributed by atoms with E-state index in [0.29, 0.717) is 27.8 Å². The van der Waals surface area contributed by atoms with Gasteiger partial charge in [0, 0.05) is 33.9 Å². The molecule has 9 nitrogen and oxygen atoms in total. The summed E-state index contributed by atoms with van der Waals surface area (Å²) in [5, 5.41) is 15.7. The second-order valence-corrected chi connectivity index (χ2v) is 9.35. The maximum Gasteiger partial charge on any atom is 1.00 e. The van der Waals surface area contributed by atoms with E-state index in [1.165, 1.54) is 18.2 Å². The molecule has 3 aromatic rings. The van der Waals surface area contributed by atoms with Crippen LogP contribution < -0.4 is 49.5 Å². The Morgan fingerprint density at radius 1 is 0.921 bits per heavy atom. The second-order valence-electron chi connectivity index (χ2n) is 8.91. The van der Waals surface area contributed by atoms with Gasteiger partial charge in [-0.05, 0) is 29.8 Å². The summed E-state index contributed by atoms with van der Waals surface area (Å²) in [7, 11) is 0. The van der Waals surface area contributed by atoms with Crippen LogP contribution in [0, 0.1) is 11.8 Å². The van der Waals surface area contributed by atoms with Crippen molar-refractivity contribution in [2.45, 2.75) is 11.7 Å². The van der Waals surface area contributed by atoms with Crippen LogP contribution >= 0.6 is 11.6 Å². The predicted molar refractivity (Wildman–Crippen MR) is 126 cm³/mol. The normalized spacial score (nSPS) is 22.2. The Bertz CT molecular complexity index is 1460. The summed E-state index contributed by atoms with van der Waals surface area (Å²) < 4.78 is 16.7. The molecule has 2 aliphatic heterocycles. The van der Waals surface area contributed by atoms with Crippen molar-refractivity contribution < 1.29 is 68.1 Å². The molecule has 1 fully saturated rings. The van der Waals surface area contributed by atoms with Crippen LogP contribution in [0.15, 0.2) is 66.7 Å². The van der Waals surface area contributed by atoms with Crippen molar-refractivity contribution in [3.8, 4) is 11.5 Å². The molecule has 38 heavy (non-hydrogen) atoms. The van der Waals surface area contributed by atoms with Crippen molar-refractivity contribution in [2.75, 3.05) is 12.1 Å². The molecule has 0 saturated carbocycles. The van der Waals surface area contributed by atoms with Gasteiger partial charge in [0.15, 0.2) is 11.5 Å². The van der Waals surface area contributed by atoms with Crippen LogP contribution in [0.3, 0.4) is 0 Å². The van der Waals surface area contributed by atoms with Gasteiger partial charge in [0.1, 0.15) is 0 Å². The van der Waals surface area contributed by atoms with Crippen molar-refractivity contribution in [1.29, 1.82) is 0 Å². The van der Waals surface area contributed by atoms with Crippen LogP contribution in [0.5, 0.6) is 11.5 Å². The molecular formula is C27H17ClNNaO8. The van der Waals surface area contributed by atoms with Gasteiger partial charge in [0.25, 0.3) is 0 Å². The Hall–Kier alpha value is -3.21. The fourth-order valence-corrected chi connectivity index (χ4v) is 5.40. The van der Waals surface area contributed by atoms with Crippen molar-refractivity contribution in [3.63, 3.8) is 0 Å². The first-order valence-electron chi connectivity index (χ1n) is 11.3. The molecule has 3 aromatic carbocycles. The number of carbonyl (C=O) groups excluding carboxylic acids is 4. The molecule has 186 valence electrons. The van der Waals surface area contributed by atoms with Gasteiger partial charge in [-0.25, -0.2) is 0 Å². The molecule has 1 aliphatic carbocycles. The molecule has 0 aromatic heterocycles. The molecule has 2 heterocycles. The minimum atomic E-state index is -2.45. The van der Waals surface area contributed by atoms with E-state index in [9.17, 15) is 24.3 Å². The molecule has 1 spiro atoms. The van der Waals surface area contributed by atoms with Gasteiger partial charge in [0.05, 0.1) is 17.9 Å². The van der Waals surface area contributed by atoms with E-state index in [1.807, 2.05) is 0 Å². The number of carboxylic acids is 1. The molecule has 1 saturated heterocycles.